The number of nitrogens with one attached hydrogen (secondary N) is 2. The van der Waals surface area contributed by atoms with Gasteiger partial charge in [0.05, 0.1) is 0 Å². The highest BCUT2D eigenvalue weighted by molar-refractivity contribution is 5.96. The van der Waals surface area contributed by atoms with E-state index in [9.17, 15) is 14.4 Å². The molecule has 1 aromatic carbocycles. The largest absolute Gasteiger partial charge is 0.368 e. The van der Waals surface area contributed by atoms with E-state index >= 15 is 0 Å². The Hall–Kier alpha value is -2.57. The van der Waals surface area contributed by atoms with Crippen LogP contribution < -0.4 is 16.4 Å². The summed E-state index contributed by atoms with van der Waals surface area (Å²) in [6, 6.07) is 5.70. The van der Waals surface area contributed by atoms with Crippen molar-refractivity contribution in [2.45, 2.75) is 59.0 Å². The van der Waals surface area contributed by atoms with Crippen molar-refractivity contribution in [2.24, 2.45) is 11.1 Å². The third-order valence-corrected chi connectivity index (χ3v) is 4.88. The van der Waals surface area contributed by atoms with Crippen molar-refractivity contribution in [3.63, 3.8) is 0 Å². The summed E-state index contributed by atoms with van der Waals surface area (Å²) < 4.78 is 0. The van der Waals surface area contributed by atoms with Crippen LogP contribution in [-0.4, -0.2) is 41.4 Å². The molecule has 7 nitrogen and oxygen atoms in total. The van der Waals surface area contributed by atoms with Crippen LogP contribution in [0.4, 0.5) is 10.5 Å². The first-order valence-electron chi connectivity index (χ1n) is 9.37. The van der Waals surface area contributed by atoms with Crippen molar-refractivity contribution in [3.8, 4) is 0 Å². The van der Waals surface area contributed by atoms with E-state index in [2.05, 4.69) is 17.6 Å². The summed E-state index contributed by atoms with van der Waals surface area (Å²) in [5.41, 5.74) is 6.01. The monoisotopic (exact) mass is 374 g/mol. The number of hydrogen-bond acceptors (Lipinski definition) is 3. The van der Waals surface area contributed by atoms with Gasteiger partial charge in [0.15, 0.2) is 0 Å². The number of likely N-dealkylation sites (tertiary alicyclic amines) is 1. The molecular formula is C20H30N4O3. The van der Waals surface area contributed by atoms with E-state index in [0.717, 1.165) is 25.8 Å². The second-order valence-electron chi connectivity index (χ2n) is 8.22. The molecular weight excluding hydrogens is 344 g/mol. The number of hydrogen-bond donors (Lipinski definition) is 3. The van der Waals surface area contributed by atoms with Crippen molar-refractivity contribution in [3.05, 3.63) is 29.8 Å². The average Bonchev–Trinajstić information content (AvgIpc) is 2.59. The fourth-order valence-corrected chi connectivity index (χ4v) is 3.27. The van der Waals surface area contributed by atoms with E-state index < -0.39 is 23.4 Å². The Labute approximate surface area is 160 Å². The molecule has 0 saturated carbocycles. The predicted molar refractivity (Wildman–Crippen MR) is 105 cm³/mol. The molecule has 0 bridgehead atoms. The van der Waals surface area contributed by atoms with Gasteiger partial charge in [-0.05, 0) is 55.9 Å². The Balaban J connectivity index is 1.99. The number of benzene rings is 1. The normalized spacial score (nSPS) is 18.5. The van der Waals surface area contributed by atoms with E-state index in [-0.39, 0.29) is 11.9 Å². The van der Waals surface area contributed by atoms with Crippen LogP contribution in [0.5, 0.6) is 0 Å². The molecule has 1 heterocycles. The second-order valence-corrected chi connectivity index (χ2v) is 8.22. The van der Waals surface area contributed by atoms with Crippen molar-refractivity contribution in [1.82, 2.24) is 10.2 Å². The van der Waals surface area contributed by atoms with E-state index in [0.29, 0.717) is 11.3 Å². The van der Waals surface area contributed by atoms with Gasteiger partial charge in [0, 0.05) is 23.8 Å². The summed E-state index contributed by atoms with van der Waals surface area (Å²) in [5, 5.41) is 5.27. The van der Waals surface area contributed by atoms with Crippen LogP contribution >= 0.6 is 0 Å². The highest BCUT2D eigenvalue weighted by atomic mass is 16.2. The quantitative estimate of drug-likeness (QED) is 0.754. The molecule has 0 aliphatic carbocycles. The molecule has 1 saturated heterocycles. The number of piperidine rings is 1. The number of nitrogens with zero attached hydrogens (tertiary/aromatic N) is 1. The molecule has 0 unspecified atom stereocenters. The van der Waals surface area contributed by atoms with Crippen LogP contribution in [0.2, 0.25) is 0 Å². The van der Waals surface area contributed by atoms with Gasteiger partial charge in [-0.25, -0.2) is 4.79 Å². The Morgan fingerprint density at radius 2 is 1.78 bits per heavy atom. The lowest BCUT2D eigenvalue weighted by molar-refractivity contribution is -0.122. The zero-order valence-corrected chi connectivity index (χ0v) is 16.5. The molecule has 0 spiro atoms. The molecule has 1 aromatic rings. The third kappa shape index (κ3) is 5.45. The Morgan fingerprint density at radius 1 is 1.15 bits per heavy atom. The van der Waals surface area contributed by atoms with Gasteiger partial charge in [-0.15, -0.1) is 0 Å². The number of carbonyl (C=O) groups is 3. The first kappa shape index (κ1) is 20.7. The van der Waals surface area contributed by atoms with Crippen LogP contribution in [0.1, 0.15) is 57.3 Å². The first-order valence-corrected chi connectivity index (χ1v) is 9.37. The van der Waals surface area contributed by atoms with Crippen LogP contribution in [0, 0.1) is 5.41 Å². The van der Waals surface area contributed by atoms with Gasteiger partial charge in [-0.2, -0.15) is 0 Å². The minimum absolute atomic E-state index is 0.0136. The summed E-state index contributed by atoms with van der Waals surface area (Å²) in [7, 11) is 0. The molecule has 27 heavy (non-hydrogen) atoms. The minimum atomic E-state index is -0.793. The Bertz CT molecular complexity index is 694. The van der Waals surface area contributed by atoms with Gasteiger partial charge in [0.2, 0.25) is 5.91 Å². The molecule has 1 fully saturated rings. The van der Waals surface area contributed by atoms with Crippen molar-refractivity contribution in [2.75, 3.05) is 11.9 Å². The molecule has 7 heteroatoms. The second kappa shape index (κ2) is 8.41. The minimum Gasteiger partial charge on any atom is -0.368 e. The molecule has 0 radical (unpaired) electrons. The highest BCUT2D eigenvalue weighted by Gasteiger charge is 2.31. The summed E-state index contributed by atoms with van der Waals surface area (Å²) in [4.78, 5) is 38.3. The molecule has 1 aliphatic heterocycles. The Kier molecular flexibility index (Phi) is 6.46. The van der Waals surface area contributed by atoms with Crippen LogP contribution in [-0.2, 0) is 4.79 Å². The lowest BCUT2D eigenvalue weighted by atomic mass is 9.86. The lowest BCUT2D eigenvalue weighted by Gasteiger charge is -2.33. The van der Waals surface area contributed by atoms with Crippen molar-refractivity contribution < 1.29 is 14.4 Å². The molecule has 2 atom stereocenters. The molecule has 4 amide bonds. The Morgan fingerprint density at radius 3 is 2.30 bits per heavy atom. The van der Waals surface area contributed by atoms with E-state index in [1.807, 2.05) is 25.7 Å². The number of carbonyl (C=O) groups excluding carboxylic acids is 3. The van der Waals surface area contributed by atoms with E-state index in [1.54, 1.807) is 24.3 Å². The fraction of sp³-hybridized carbons (Fsp3) is 0.550. The zero-order valence-electron chi connectivity index (χ0n) is 16.5. The maximum atomic E-state index is 12.6. The number of anilines is 1. The highest BCUT2D eigenvalue weighted by Crippen LogP contribution is 2.21. The predicted octanol–water partition coefficient (Wildman–Crippen LogP) is 2.72. The van der Waals surface area contributed by atoms with Gasteiger partial charge in [-0.3, -0.25) is 9.59 Å². The number of nitrogens with two attached hydrogens (primary N) is 1. The summed E-state index contributed by atoms with van der Waals surface area (Å²) in [6.45, 7) is 8.32. The maximum absolute atomic E-state index is 12.6. The van der Waals surface area contributed by atoms with E-state index in [4.69, 9.17) is 5.73 Å². The topological polar surface area (TPSA) is 105 Å². The van der Waals surface area contributed by atoms with Crippen molar-refractivity contribution in [1.29, 1.82) is 0 Å². The molecule has 2 rings (SSSR count). The van der Waals surface area contributed by atoms with Gasteiger partial charge >= 0.3 is 6.03 Å². The van der Waals surface area contributed by atoms with Crippen LogP contribution in [0.25, 0.3) is 0 Å². The smallest absolute Gasteiger partial charge is 0.319 e. The fourth-order valence-electron chi connectivity index (χ4n) is 3.27. The maximum Gasteiger partial charge on any atom is 0.319 e. The number of primary amides is 1. The molecule has 0 aromatic heterocycles. The van der Waals surface area contributed by atoms with Crippen LogP contribution in [0.3, 0.4) is 0 Å². The summed E-state index contributed by atoms with van der Waals surface area (Å²) >= 11 is 0. The molecule has 1 aliphatic rings. The zero-order chi connectivity index (χ0) is 20.2. The van der Waals surface area contributed by atoms with E-state index in [1.165, 1.54) is 0 Å². The van der Waals surface area contributed by atoms with Crippen LogP contribution in [0.15, 0.2) is 24.3 Å². The average molecular weight is 374 g/mol. The van der Waals surface area contributed by atoms with Gasteiger partial charge in [0.1, 0.15) is 6.04 Å². The first-order chi connectivity index (χ1) is 12.6. The summed E-state index contributed by atoms with van der Waals surface area (Å²) in [5.74, 6) is -0.575. The number of rotatable bonds is 4. The van der Waals surface area contributed by atoms with Gasteiger partial charge in [-0.1, -0.05) is 20.8 Å². The molecule has 148 valence electrons. The van der Waals surface area contributed by atoms with Crippen molar-refractivity contribution >= 4 is 23.5 Å². The third-order valence-electron chi connectivity index (χ3n) is 4.88. The molecule has 4 N–H and O–H groups in total. The standard InChI is InChI=1S/C20H30N4O3/c1-13-7-5-6-12-24(13)18(26)14-8-10-15(11-9-14)22-19(27)23-16(17(21)25)20(2,3)4/h8-11,13,16H,5-7,12H2,1-4H3,(H2,21,25)(H2,22,23,27)/t13-,16-/m1/s1. The summed E-state index contributed by atoms with van der Waals surface area (Å²) in [6.07, 6.45) is 3.22. The lowest BCUT2D eigenvalue weighted by Crippen LogP contribution is -2.53. The van der Waals surface area contributed by atoms with Gasteiger partial charge < -0.3 is 21.3 Å². The SMILES string of the molecule is C[C@@H]1CCCCN1C(=O)c1ccc(NC(=O)N[C@H](C(N)=O)C(C)(C)C)cc1. The number of urea groups is 1. The number of amides is 4. The van der Waals surface area contributed by atoms with Gasteiger partial charge in [0.25, 0.3) is 5.91 Å².